The van der Waals surface area contributed by atoms with Crippen LogP contribution in [0.2, 0.25) is 0 Å². The number of nitrogen functional groups attached to an aromatic ring is 1. The molecule has 3 N–H and O–H groups in total. The molecule has 1 heterocycles. The second-order valence-electron chi connectivity index (χ2n) is 5.51. The Morgan fingerprint density at radius 1 is 1.08 bits per heavy atom. The maximum atomic E-state index is 13.3. The average Bonchev–Trinajstić information content (AvgIpc) is 2.98. The molecule has 0 fully saturated rings. The molecule has 0 bridgehead atoms. The van der Waals surface area contributed by atoms with E-state index in [0.29, 0.717) is 24.1 Å². The number of aromatic nitrogens is 2. The number of amidine groups is 1. The summed E-state index contributed by atoms with van der Waals surface area (Å²) in [6.45, 7) is 0.556. The summed E-state index contributed by atoms with van der Waals surface area (Å²) in [5, 5.41) is 7.50. The van der Waals surface area contributed by atoms with E-state index in [0.717, 1.165) is 17.5 Å². The van der Waals surface area contributed by atoms with Gasteiger partial charge in [0.2, 0.25) is 0 Å². The van der Waals surface area contributed by atoms with Crippen molar-refractivity contribution in [3.63, 3.8) is 0 Å². The highest BCUT2D eigenvalue weighted by Crippen LogP contribution is 2.14. The van der Waals surface area contributed by atoms with Crippen LogP contribution in [0.1, 0.15) is 22.5 Å². The second kappa shape index (κ2) is 6.62. The molecule has 0 spiro atoms. The molecule has 0 aliphatic rings. The van der Waals surface area contributed by atoms with Gasteiger partial charge >= 0.3 is 0 Å². The number of imidazole rings is 1. The summed E-state index contributed by atoms with van der Waals surface area (Å²) < 4.78 is 28.3. The van der Waals surface area contributed by atoms with Gasteiger partial charge in [0, 0.05) is 30.9 Å². The maximum absolute atomic E-state index is 13.3. The Bertz CT molecular complexity index is 886. The fraction of sp³-hybridized carbons (Fsp3) is 0.111. The first-order valence-electron chi connectivity index (χ1n) is 7.40. The summed E-state index contributed by atoms with van der Waals surface area (Å²) in [7, 11) is 0. The molecule has 3 rings (SSSR count). The lowest BCUT2D eigenvalue weighted by Gasteiger charge is -2.09. The van der Waals surface area contributed by atoms with E-state index in [9.17, 15) is 8.78 Å². The summed E-state index contributed by atoms with van der Waals surface area (Å²) in [6, 6.07) is 11.3. The first-order chi connectivity index (χ1) is 11.5. The number of benzene rings is 2. The monoisotopic (exact) mass is 326 g/mol. The van der Waals surface area contributed by atoms with Gasteiger partial charge < -0.3 is 10.3 Å². The predicted octanol–water partition coefficient (Wildman–Crippen LogP) is 3.08. The minimum absolute atomic E-state index is 0.0180. The average molecular weight is 326 g/mol. The molecule has 0 unspecified atom stereocenters. The number of rotatable bonds is 5. The number of nitrogens with two attached hydrogens (primary N) is 1. The zero-order chi connectivity index (χ0) is 17.1. The van der Waals surface area contributed by atoms with Gasteiger partial charge in [-0.2, -0.15) is 0 Å². The quantitative estimate of drug-likeness (QED) is 0.559. The lowest BCUT2D eigenvalue weighted by Crippen LogP contribution is -2.12. The lowest BCUT2D eigenvalue weighted by molar-refractivity contribution is 0.507. The molecule has 0 aliphatic heterocycles. The van der Waals surface area contributed by atoms with Crippen molar-refractivity contribution in [3.05, 3.63) is 89.0 Å². The number of hydrogen-bond acceptors (Lipinski definition) is 2. The van der Waals surface area contributed by atoms with Crippen LogP contribution in [-0.4, -0.2) is 15.4 Å². The molecule has 0 saturated carbocycles. The van der Waals surface area contributed by atoms with Crippen molar-refractivity contribution in [1.29, 1.82) is 5.41 Å². The fourth-order valence-corrected chi connectivity index (χ4v) is 2.52. The number of halogens is 2. The van der Waals surface area contributed by atoms with E-state index in [2.05, 4.69) is 4.98 Å². The van der Waals surface area contributed by atoms with Gasteiger partial charge in [-0.3, -0.25) is 5.41 Å². The van der Waals surface area contributed by atoms with Crippen LogP contribution in [0.15, 0.2) is 54.9 Å². The van der Waals surface area contributed by atoms with Crippen molar-refractivity contribution in [2.24, 2.45) is 5.73 Å². The SMILES string of the molecule is N=C(N)c1cccc(Cn2ccnc2Cc2ccc(F)c(F)c2)c1. The van der Waals surface area contributed by atoms with Gasteiger partial charge in [-0.25, -0.2) is 13.8 Å². The minimum atomic E-state index is -0.861. The van der Waals surface area contributed by atoms with Gasteiger partial charge in [0.1, 0.15) is 11.7 Å². The van der Waals surface area contributed by atoms with E-state index in [1.165, 1.54) is 6.07 Å². The van der Waals surface area contributed by atoms with E-state index < -0.39 is 11.6 Å². The molecule has 2 aromatic carbocycles. The highest BCUT2D eigenvalue weighted by Gasteiger charge is 2.08. The Morgan fingerprint density at radius 3 is 2.67 bits per heavy atom. The van der Waals surface area contributed by atoms with Gasteiger partial charge in [-0.05, 0) is 29.3 Å². The van der Waals surface area contributed by atoms with Crippen LogP contribution in [0.25, 0.3) is 0 Å². The molecule has 0 aliphatic carbocycles. The minimum Gasteiger partial charge on any atom is -0.384 e. The Hall–Kier alpha value is -3.02. The van der Waals surface area contributed by atoms with E-state index in [-0.39, 0.29) is 5.84 Å². The van der Waals surface area contributed by atoms with Crippen LogP contribution >= 0.6 is 0 Å². The highest BCUT2D eigenvalue weighted by molar-refractivity contribution is 5.95. The van der Waals surface area contributed by atoms with Crippen molar-refractivity contribution < 1.29 is 8.78 Å². The summed E-state index contributed by atoms with van der Waals surface area (Å²) in [6.07, 6.45) is 3.90. The van der Waals surface area contributed by atoms with Crippen molar-refractivity contribution in [2.75, 3.05) is 0 Å². The van der Waals surface area contributed by atoms with Crippen LogP contribution in [0.5, 0.6) is 0 Å². The number of hydrogen-bond donors (Lipinski definition) is 2. The first kappa shape index (κ1) is 15.9. The zero-order valence-electron chi connectivity index (χ0n) is 12.8. The molecule has 0 radical (unpaired) electrons. The smallest absolute Gasteiger partial charge is 0.159 e. The van der Waals surface area contributed by atoms with E-state index in [1.807, 2.05) is 29.0 Å². The molecule has 0 saturated heterocycles. The van der Waals surface area contributed by atoms with Crippen LogP contribution in [0.3, 0.4) is 0 Å². The largest absolute Gasteiger partial charge is 0.384 e. The summed E-state index contributed by atoms with van der Waals surface area (Å²) in [5.74, 6) is -0.957. The maximum Gasteiger partial charge on any atom is 0.159 e. The molecule has 0 atom stereocenters. The third-order valence-electron chi connectivity index (χ3n) is 3.74. The van der Waals surface area contributed by atoms with Gasteiger partial charge in [0.05, 0.1) is 0 Å². The third kappa shape index (κ3) is 3.48. The standard InChI is InChI=1S/C18H16F2N4/c19-15-5-4-12(9-16(15)20)10-17-23-6-7-24(17)11-13-2-1-3-14(8-13)18(21)22/h1-9H,10-11H2,(H3,21,22). The molecular weight excluding hydrogens is 310 g/mol. The van der Waals surface area contributed by atoms with Crippen LogP contribution < -0.4 is 5.73 Å². The Balaban J connectivity index is 1.81. The Morgan fingerprint density at radius 2 is 1.92 bits per heavy atom. The molecule has 3 aromatic rings. The zero-order valence-corrected chi connectivity index (χ0v) is 12.8. The van der Waals surface area contributed by atoms with Crippen LogP contribution in [-0.2, 0) is 13.0 Å². The van der Waals surface area contributed by atoms with Gasteiger partial charge in [0.15, 0.2) is 11.6 Å². The molecule has 0 amide bonds. The Labute approximate surface area is 138 Å². The van der Waals surface area contributed by atoms with Gasteiger partial charge in [-0.15, -0.1) is 0 Å². The summed E-state index contributed by atoms with van der Waals surface area (Å²) >= 11 is 0. The molecule has 4 nitrogen and oxygen atoms in total. The van der Waals surface area contributed by atoms with Gasteiger partial charge in [-0.1, -0.05) is 24.3 Å². The topological polar surface area (TPSA) is 67.7 Å². The first-order valence-corrected chi connectivity index (χ1v) is 7.40. The number of nitrogens with one attached hydrogen (secondary N) is 1. The van der Waals surface area contributed by atoms with Crippen molar-refractivity contribution in [3.8, 4) is 0 Å². The lowest BCUT2D eigenvalue weighted by atomic mass is 10.1. The van der Waals surface area contributed by atoms with Gasteiger partial charge in [0.25, 0.3) is 0 Å². The van der Waals surface area contributed by atoms with E-state index in [4.69, 9.17) is 11.1 Å². The summed E-state index contributed by atoms with van der Waals surface area (Å²) in [5.41, 5.74) is 7.80. The van der Waals surface area contributed by atoms with E-state index >= 15 is 0 Å². The normalized spacial score (nSPS) is 10.8. The predicted molar refractivity (Wildman–Crippen MR) is 88.0 cm³/mol. The third-order valence-corrected chi connectivity index (χ3v) is 3.74. The molecule has 1 aromatic heterocycles. The number of nitrogens with zero attached hydrogens (tertiary/aromatic N) is 2. The van der Waals surface area contributed by atoms with Crippen LogP contribution in [0, 0.1) is 17.0 Å². The highest BCUT2D eigenvalue weighted by atomic mass is 19.2. The van der Waals surface area contributed by atoms with Crippen molar-refractivity contribution >= 4 is 5.84 Å². The summed E-state index contributed by atoms with van der Waals surface area (Å²) in [4.78, 5) is 4.30. The van der Waals surface area contributed by atoms with E-state index in [1.54, 1.807) is 18.3 Å². The van der Waals surface area contributed by atoms with Crippen molar-refractivity contribution in [2.45, 2.75) is 13.0 Å². The Kier molecular flexibility index (Phi) is 4.37. The van der Waals surface area contributed by atoms with Crippen molar-refractivity contribution in [1.82, 2.24) is 9.55 Å². The molecule has 6 heteroatoms. The molecule has 24 heavy (non-hydrogen) atoms. The van der Waals surface area contributed by atoms with Crippen LogP contribution in [0.4, 0.5) is 8.78 Å². The fourth-order valence-electron chi connectivity index (χ4n) is 2.52. The molecule has 122 valence electrons. The molecular formula is C18H16F2N4. The second-order valence-corrected chi connectivity index (χ2v) is 5.51.